The van der Waals surface area contributed by atoms with Gasteiger partial charge in [-0.05, 0) is 24.0 Å². The maximum absolute atomic E-state index is 13.5. The van der Waals surface area contributed by atoms with Crippen LogP contribution in [0, 0.1) is 5.82 Å². The summed E-state index contributed by atoms with van der Waals surface area (Å²) in [6, 6.07) is 13.3. The van der Waals surface area contributed by atoms with Gasteiger partial charge < -0.3 is 4.74 Å². The van der Waals surface area contributed by atoms with Gasteiger partial charge in [0.05, 0.1) is 5.69 Å². The van der Waals surface area contributed by atoms with Crippen molar-refractivity contribution in [3.63, 3.8) is 0 Å². The topological polar surface area (TPSA) is 68.2 Å². The summed E-state index contributed by atoms with van der Waals surface area (Å²) in [5.74, 6) is 0.598. The van der Waals surface area contributed by atoms with Crippen LogP contribution in [0.3, 0.4) is 0 Å². The molecule has 0 saturated carbocycles. The van der Waals surface area contributed by atoms with Crippen LogP contribution >= 0.6 is 11.8 Å². The Hall–Kier alpha value is -3.00. The standard InChI is InChI=1S/C21H19FN4O2S/c1-3-17(27)26-16-8-6-5-7-15(16)18-19(23-21(25-24-18)29-4-2)28-20(26)13-9-11-14(22)12-10-13/h5-12,20H,3-4H2,1-2H3/t20-/m1/s1. The van der Waals surface area contributed by atoms with E-state index in [1.807, 2.05) is 31.2 Å². The number of hydrogen-bond acceptors (Lipinski definition) is 6. The van der Waals surface area contributed by atoms with Crippen molar-refractivity contribution in [3.8, 4) is 17.1 Å². The Bertz CT molecular complexity index is 1050. The number of fused-ring (bicyclic) bond motifs is 3. The van der Waals surface area contributed by atoms with E-state index >= 15 is 0 Å². The van der Waals surface area contributed by atoms with Crippen molar-refractivity contribution in [3.05, 3.63) is 59.9 Å². The zero-order chi connectivity index (χ0) is 20.4. The van der Waals surface area contributed by atoms with E-state index in [0.717, 1.165) is 5.75 Å². The summed E-state index contributed by atoms with van der Waals surface area (Å²) in [6.07, 6.45) is -0.525. The normalized spacial score (nSPS) is 15.1. The highest BCUT2D eigenvalue weighted by Crippen LogP contribution is 2.43. The summed E-state index contributed by atoms with van der Waals surface area (Å²) in [5, 5.41) is 9.03. The van der Waals surface area contributed by atoms with Crippen LogP contribution in [0.4, 0.5) is 10.1 Å². The minimum Gasteiger partial charge on any atom is -0.447 e. The fourth-order valence-corrected chi connectivity index (χ4v) is 3.69. The fourth-order valence-electron chi connectivity index (χ4n) is 3.19. The Morgan fingerprint density at radius 2 is 1.90 bits per heavy atom. The van der Waals surface area contributed by atoms with Gasteiger partial charge in [0.25, 0.3) is 0 Å². The molecule has 0 saturated heterocycles. The first kappa shape index (κ1) is 19.3. The zero-order valence-corrected chi connectivity index (χ0v) is 16.8. The van der Waals surface area contributed by atoms with Gasteiger partial charge in [-0.25, -0.2) is 4.39 Å². The summed E-state index contributed by atoms with van der Waals surface area (Å²) in [6.45, 7) is 3.79. The van der Waals surface area contributed by atoms with Crippen molar-refractivity contribution in [1.82, 2.24) is 15.2 Å². The molecule has 4 rings (SSSR count). The molecule has 1 atom stereocenters. The molecule has 1 amide bonds. The molecule has 2 aromatic carbocycles. The number of aromatic nitrogens is 3. The van der Waals surface area contributed by atoms with Crippen LogP contribution in [-0.4, -0.2) is 26.8 Å². The third kappa shape index (κ3) is 3.67. The van der Waals surface area contributed by atoms with Gasteiger partial charge in [0.1, 0.15) is 5.82 Å². The van der Waals surface area contributed by atoms with E-state index in [2.05, 4.69) is 15.2 Å². The maximum atomic E-state index is 13.5. The lowest BCUT2D eigenvalue weighted by Gasteiger charge is -2.30. The molecule has 0 N–H and O–H groups in total. The number of amides is 1. The predicted molar refractivity (Wildman–Crippen MR) is 109 cm³/mol. The van der Waals surface area contributed by atoms with Crippen molar-refractivity contribution < 1.29 is 13.9 Å². The number of rotatable bonds is 4. The number of benzene rings is 2. The molecule has 29 heavy (non-hydrogen) atoms. The summed E-state index contributed by atoms with van der Waals surface area (Å²) in [5.41, 5.74) is 2.47. The summed E-state index contributed by atoms with van der Waals surface area (Å²) < 4.78 is 19.8. The van der Waals surface area contributed by atoms with Gasteiger partial charge in [-0.1, -0.05) is 55.9 Å². The van der Waals surface area contributed by atoms with Gasteiger partial charge in [-0.2, -0.15) is 4.98 Å². The summed E-state index contributed by atoms with van der Waals surface area (Å²) >= 11 is 1.45. The molecular weight excluding hydrogens is 391 g/mol. The second kappa shape index (κ2) is 8.16. The quantitative estimate of drug-likeness (QED) is 0.585. The molecule has 1 aliphatic heterocycles. The van der Waals surface area contributed by atoms with Gasteiger partial charge in [-0.3, -0.25) is 9.69 Å². The monoisotopic (exact) mass is 410 g/mol. The number of ether oxygens (including phenoxy) is 1. The molecule has 148 valence electrons. The average Bonchev–Trinajstić information content (AvgIpc) is 2.88. The van der Waals surface area contributed by atoms with E-state index in [9.17, 15) is 9.18 Å². The molecule has 1 aromatic heterocycles. The molecule has 0 bridgehead atoms. The largest absolute Gasteiger partial charge is 0.447 e. The van der Waals surface area contributed by atoms with Crippen molar-refractivity contribution in [2.24, 2.45) is 0 Å². The number of thioether (sulfide) groups is 1. The second-order valence-corrected chi connectivity index (χ2v) is 7.57. The highest BCUT2D eigenvalue weighted by molar-refractivity contribution is 7.99. The number of anilines is 1. The Morgan fingerprint density at radius 1 is 1.14 bits per heavy atom. The van der Waals surface area contributed by atoms with E-state index in [4.69, 9.17) is 4.74 Å². The van der Waals surface area contributed by atoms with E-state index in [1.165, 1.54) is 23.9 Å². The SMILES string of the molecule is CCSc1nnc2c(n1)O[C@H](c1ccc(F)cc1)N(C(=O)CC)c1ccccc1-2. The first-order chi connectivity index (χ1) is 14.1. The molecule has 0 radical (unpaired) electrons. The smallest absolute Gasteiger partial charge is 0.247 e. The molecular formula is C21H19FN4O2S. The van der Waals surface area contributed by atoms with E-state index < -0.39 is 6.23 Å². The van der Waals surface area contributed by atoms with Crippen LogP contribution in [0.25, 0.3) is 11.3 Å². The number of carbonyl (C=O) groups is 1. The molecule has 3 aromatic rings. The second-order valence-electron chi connectivity index (χ2n) is 6.34. The predicted octanol–water partition coefficient (Wildman–Crippen LogP) is 4.62. The minimum atomic E-state index is -0.804. The number of para-hydroxylation sites is 1. The van der Waals surface area contributed by atoms with Crippen LogP contribution in [0.2, 0.25) is 0 Å². The first-order valence-electron chi connectivity index (χ1n) is 9.33. The van der Waals surface area contributed by atoms with Gasteiger partial charge in [0.2, 0.25) is 23.2 Å². The van der Waals surface area contributed by atoms with Crippen LogP contribution < -0.4 is 9.64 Å². The number of nitrogens with zero attached hydrogens (tertiary/aromatic N) is 4. The Balaban J connectivity index is 1.94. The summed E-state index contributed by atoms with van der Waals surface area (Å²) in [4.78, 5) is 19.1. The Kier molecular flexibility index (Phi) is 5.44. The molecule has 2 heterocycles. The molecule has 0 unspecified atom stereocenters. The third-order valence-electron chi connectivity index (χ3n) is 4.51. The minimum absolute atomic E-state index is 0.129. The van der Waals surface area contributed by atoms with Gasteiger partial charge in [-0.15, -0.1) is 10.2 Å². The number of carbonyl (C=O) groups excluding carboxylic acids is 1. The van der Waals surface area contributed by atoms with Crippen LogP contribution in [0.1, 0.15) is 32.1 Å². The molecule has 0 aliphatic carbocycles. The van der Waals surface area contributed by atoms with E-state index in [0.29, 0.717) is 33.5 Å². The lowest BCUT2D eigenvalue weighted by Crippen LogP contribution is -2.37. The lowest BCUT2D eigenvalue weighted by atomic mass is 10.1. The van der Waals surface area contributed by atoms with Crippen molar-refractivity contribution in [1.29, 1.82) is 0 Å². The zero-order valence-electron chi connectivity index (χ0n) is 16.0. The van der Waals surface area contributed by atoms with Gasteiger partial charge in [0.15, 0.2) is 5.69 Å². The molecule has 6 nitrogen and oxygen atoms in total. The molecule has 1 aliphatic rings. The first-order valence-corrected chi connectivity index (χ1v) is 10.3. The van der Waals surface area contributed by atoms with Crippen LogP contribution in [0.5, 0.6) is 5.88 Å². The molecule has 0 fully saturated rings. The number of halogens is 1. The van der Waals surface area contributed by atoms with Crippen molar-refractivity contribution in [2.45, 2.75) is 31.7 Å². The van der Waals surface area contributed by atoms with E-state index in [1.54, 1.807) is 24.0 Å². The number of hydrogen-bond donors (Lipinski definition) is 0. The van der Waals surface area contributed by atoms with E-state index in [-0.39, 0.29) is 18.1 Å². The molecule has 0 spiro atoms. The van der Waals surface area contributed by atoms with Crippen LogP contribution in [-0.2, 0) is 4.79 Å². The maximum Gasteiger partial charge on any atom is 0.247 e. The third-order valence-corrected chi connectivity index (χ3v) is 5.23. The highest BCUT2D eigenvalue weighted by atomic mass is 32.2. The average molecular weight is 410 g/mol. The van der Waals surface area contributed by atoms with Crippen LogP contribution in [0.15, 0.2) is 53.7 Å². The fraction of sp³-hybridized carbons (Fsp3) is 0.238. The van der Waals surface area contributed by atoms with Gasteiger partial charge in [0, 0.05) is 17.5 Å². The van der Waals surface area contributed by atoms with Crippen molar-refractivity contribution in [2.75, 3.05) is 10.7 Å². The summed E-state index contributed by atoms with van der Waals surface area (Å²) in [7, 11) is 0. The highest BCUT2D eigenvalue weighted by Gasteiger charge is 2.35. The Morgan fingerprint density at radius 3 is 2.62 bits per heavy atom. The Labute approximate surface area is 172 Å². The van der Waals surface area contributed by atoms with Gasteiger partial charge >= 0.3 is 0 Å². The lowest BCUT2D eigenvalue weighted by molar-refractivity contribution is -0.120. The molecule has 8 heteroatoms. The van der Waals surface area contributed by atoms with Crippen molar-refractivity contribution >= 4 is 23.4 Å².